The molecule has 1 aliphatic rings. The molecule has 0 radical (unpaired) electrons. The number of carbonyl (C=O) groups is 1. The fourth-order valence-electron chi connectivity index (χ4n) is 1.22. The van der Waals surface area contributed by atoms with Gasteiger partial charge in [0.25, 0.3) is 0 Å². The van der Waals surface area contributed by atoms with Crippen molar-refractivity contribution in [3.8, 4) is 11.5 Å². The number of aryl methyl sites for hydroxylation is 1. The summed E-state index contributed by atoms with van der Waals surface area (Å²) < 4.78 is 11.5. The molecule has 0 atom stereocenters. The van der Waals surface area contributed by atoms with E-state index >= 15 is 0 Å². The summed E-state index contributed by atoms with van der Waals surface area (Å²) in [6.45, 7) is 2.14. The first-order chi connectivity index (χ1) is 6.66. The van der Waals surface area contributed by atoms with E-state index in [0.29, 0.717) is 11.5 Å². The lowest BCUT2D eigenvalue weighted by atomic mass is 10.2. The van der Waals surface area contributed by atoms with Crippen LogP contribution in [0.25, 0.3) is 0 Å². The van der Waals surface area contributed by atoms with Crippen LogP contribution >= 0.6 is 15.9 Å². The third-order valence-electron chi connectivity index (χ3n) is 2.00. The normalized spacial score (nSPS) is 15.1. The van der Waals surface area contributed by atoms with E-state index in [1.54, 1.807) is 0 Å². The summed E-state index contributed by atoms with van der Waals surface area (Å²) in [5.74, 6) is 1.21. The van der Waals surface area contributed by atoms with Gasteiger partial charge < -0.3 is 9.47 Å². The summed E-state index contributed by atoms with van der Waals surface area (Å²) in [6, 6.07) is 3.68. The molecule has 0 saturated carbocycles. The highest BCUT2D eigenvalue weighted by atomic mass is 79.9. The van der Waals surface area contributed by atoms with Gasteiger partial charge in [0, 0.05) is 4.47 Å². The van der Waals surface area contributed by atoms with Crippen molar-refractivity contribution in [2.75, 3.05) is 13.2 Å². The molecule has 3 nitrogen and oxygen atoms in total. The van der Waals surface area contributed by atoms with E-state index in [2.05, 4.69) is 15.9 Å². The molecular formula is C10H9BrO3. The Morgan fingerprint density at radius 2 is 1.79 bits per heavy atom. The lowest BCUT2D eigenvalue weighted by Crippen LogP contribution is -2.15. The molecule has 0 aromatic heterocycles. The Hall–Kier alpha value is -1.03. The molecule has 0 N–H and O–H groups in total. The molecule has 0 amide bonds. The molecule has 0 spiro atoms. The third-order valence-corrected chi connectivity index (χ3v) is 2.86. The second-order valence-corrected chi connectivity index (χ2v) is 4.02. The van der Waals surface area contributed by atoms with Gasteiger partial charge in [-0.25, -0.2) is 0 Å². The van der Waals surface area contributed by atoms with Crippen LogP contribution in [-0.2, 0) is 4.79 Å². The van der Waals surface area contributed by atoms with Crippen molar-refractivity contribution in [1.29, 1.82) is 0 Å². The van der Waals surface area contributed by atoms with Crippen molar-refractivity contribution < 1.29 is 14.3 Å². The predicted octanol–water partition coefficient (Wildman–Crippen LogP) is 2.10. The van der Waals surface area contributed by atoms with Gasteiger partial charge in [-0.05, 0) is 24.6 Å². The van der Waals surface area contributed by atoms with Crippen LogP contribution in [0.5, 0.6) is 11.5 Å². The molecule has 1 aromatic rings. The zero-order valence-corrected chi connectivity index (χ0v) is 9.26. The summed E-state index contributed by atoms with van der Waals surface area (Å²) in [5, 5.41) is 0. The van der Waals surface area contributed by atoms with Crippen molar-refractivity contribution in [2.24, 2.45) is 0 Å². The zero-order chi connectivity index (χ0) is 10.1. The monoisotopic (exact) mass is 256 g/mol. The smallest absolute Gasteiger partial charge is 0.207 e. The number of halogens is 1. The van der Waals surface area contributed by atoms with Gasteiger partial charge in [0.15, 0.2) is 24.7 Å². The number of ether oxygens (including phenoxy) is 2. The van der Waals surface area contributed by atoms with Crippen molar-refractivity contribution in [1.82, 2.24) is 0 Å². The average Bonchev–Trinajstić information content (AvgIpc) is 2.31. The highest BCUT2D eigenvalue weighted by Gasteiger charge is 2.16. The van der Waals surface area contributed by atoms with Gasteiger partial charge in [-0.15, -0.1) is 0 Å². The topological polar surface area (TPSA) is 35.5 Å². The van der Waals surface area contributed by atoms with Crippen LogP contribution in [0, 0.1) is 6.92 Å². The van der Waals surface area contributed by atoms with E-state index in [-0.39, 0.29) is 19.0 Å². The molecule has 0 fully saturated rings. The Morgan fingerprint density at radius 1 is 1.21 bits per heavy atom. The van der Waals surface area contributed by atoms with Gasteiger partial charge in [-0.3, -0.25) is 4.79 Å². The Labute approximate surface area is 90.1 Å². The summed E-state index contributed by atoms with van der Waals surface area (Å²) in [4.78, 5) is 11.1. The summed E-state index contributed by atoms with van der Waals surface area (Å²) >= 11 is 3.39. The maximum absolute atomic E-state index is 11.1. The number of ketones is 1. The van der Waals surface area contributed by atoms with E-state index in [1.165, 1.54) is 0 Å². The van der Waals surface area contributed by atoms with Crippen molar-refractivity contribution in [3.05, 3.63) is 22.2 Å². The molecule has 0 aliphatic carbocycles. The van der Waals surface area contributed by atoms with E-state index in [1.807, 2.05) is 19.1 Å². The summed E-state index contributed by atoms with van der Waals surface area (Å²) in [6.07, 6.45) is 0. The molecule has 1 aromatic carbocycles. The molecule has 4 heteroatoms. The van der Waals surface area contributed by atoms with Gasteiger partial charge in [0.1, 0.15) is 0 Å². The maximum Gasteiger partial charge on any atom is 0.207 e. The van der Waals surface area contributed by atoms with Crippen molar-refractivity contribution >= 4 is 21.7 Å². The highest BCUT2D eigenvalue weighted by molar-refractivity contribution is 9.10. The maximum atomic E-state index is 11.1. The van der Waals surface area contributed by atoms with E-state index < -0.39 is 0 Å². The SMILES string of the molecule is Cc1cc2c(cc1Br)OCC(=O)CO2. The molecule has 14 heavy (non-hydrogen) atoms. The van der Waals surface area contributed by atoms with Crippen LogP contribution in [0.3, 0.4) is 0 Å². The van der Waals surface area contributed by atoms with E-state index in [0.717, 1.165) is 10.0 Å². The van der Waals surface area contributed by atoms with Gasteiger partial charge in [0.2, 0.25) is 5.78 Å². The van der Waals surface area contributed by atoms with Crippen LogP contribution in [0.15, 0.2) is 16.6 Å². The molecule has 2 rings (SSSR count). The number of carbonyl (C=O) groups excluding carboxylic acids is 1. The molecule has 0 bridgehead atoms. The molecule has 0 unspecified atom stereocenters. The summed E-state index contributed by atoms with van der Waals surface area (Å²) in [7, 11) is 0. The Morgan fingerprint density at radius 3 is 2.43 bits per heavy atom. The van der Waals surface area contributed by atoms with Crippen LogP contribution in [0.4, 0.5) is 0 Å². The first-order valence-corrected chi connectivity index (χ1v) is 5.03. The average molecular weight is 257 g/mol. The largest absolute Gasteiger partial charge is 0.482 e. The molecular weight excluding hydrogens is 248 g/mol. The fourth-order valence-corrected chi connectivity index (χ4v) is 1.54. The minimum Gasteiger partial charge on any atom is -0.482 e. The van der Waals surface area contributed by atoms with Gasteiger partial charge in [-0.1, -0.05) is 15.9 Å². The number of hydrogen-bond acceptors (Lipinski definition) is 3. The first-order valence-electron chi connectivity index (χ1n) is 4.24. The minimum atomic E-state index is -0.0463. The minimum absolute atomic E-state index is 0.0463. The third kappa shape index (κ3) is 1.75. The Bertz CT molecular complexity index is 352. The Balaban J connectivity index is 2.41. The number of fused-ring (bicyclic) bond motifs is 1. The molecule has 1 aliphatic heterocycles. The van der Waals surface area contributed by atoms with Crippen LogP contribution in [0.2, 0.25) is 0 Å². The predicted molar refractivity (Wildman–Crippen MR) is 54.9 cm³/mol. The van der Waals surface area contributed by atoms with Crippen LogP contribution in [0.1, 0.15) is 5.56 Å². The molecule has 74 valence electrons. The zero-order valence-electron chi connectivity index (χ0n) is 7.67. The van der Waals surface area contributed by atoms with Crippen molar-refractivity contribution in [2.45, 2.75) is 6.92 Å². The lowest BCUT2D eigenvalue weighted by Gasteiger charge is -2.08. The second-order valence-electron chi connectivity index (χ2n) is 3.16. The molecule has 1 heterocycles. The van der Waals surface area contributed by atoms with Crippen molar-refractivity contribution in [3.63, 3.8) is 0 Å². The molecule has 0 saturated heterocycles. The summed E-state index contributed by atoms with van der Waals surface area (Å²) in [5.41, 5.74) is 1.06. The highest BCUT2D eigenvalue weighted by Crippen LogP contribution is 2.34. The number of hydrogen-bond donors (Lipinski definition) is 0. The second kappa shape index (κ2) is 3.61. The van der Waals surface area contributed by atoms with Gasteiger partial charge in [0.05, 0.1) is 0 Å². The van der Waals surface area contributed by atoms with E-state index in [4.69, 9.17) is 9.47 Å². The van der Waals surface area contributed by atoms with Crippen LogP contribution < -0.4 is 9.47 Å². The van der Waals surface area contributed by atoms with Gasteiger partial charge >= 0.3 is 0 Å². The standard InChI is InChI=1S/C10H9BrO3/c1-6-2-9-10(3-8(6)11)14-5-7(12)4-13-9/h2-3H,4-5H2,1H3. The van der Waals surface area contributed by atoms with Gasteiger partial charge in [-0.2, -0.15) is 0 Å². The van der Waals surface area contributed by atoms with Crippen LogP contribution in [-0.4, -0.2) is 19.0 Å². The fraction of sp³-hybridized carbons (Fsp3) is 0.300. The van der Waals surface area contributed by atoms with E-state index in [9.17, 15) is 4.79 Å². The number of Topliss-reactive ketones (excluding diaryl/α,β-unsaturated/α-hetero) is 1. The first kappa shape index (κ1) is 9.52. The number of benzene rings is 1. The number of rotatable bonds is 0. The lowest BCUT2D eigenvalue weighted by molar-refractivity contribution is -0.122. The quantitative estimate of drug-likeness (QED) is 0.714. The Kier molecular flexibility index (Phi) is 2.46.